The fraction of sp³-hybridized carbons (Fsp3) is 0.643. The van der Waals surface area contributed by atoms with Gasteiger partial charge in [0.25, 0.3) is 0 Å². The molecule has 1 aliphatic carbocycles. The third kappa shape index (κ3) is 2.90. The fourth-order valence-corrected chi connectivity index (χ4v) is 4.94. The monoisotopic (exact) mass is 330 g/mol. The summed E-state index contributed by atoms with van der Waals surface area (Å²) in [6.45, 7) is 3.26. The summed E-state index contributed by atoms with van der Waals surface area (Å²) in [5, 5.41) is 0. The van der Waals surface area contributed by atoms with Crippen LogP contribution in [0.25, 0.3) is 0 Å². The molecule has 124 valence electrons. The van der Waals surface area contributed by atoms with Gasteiger partial charge in [0.15, 0.2) is 0 Å². The maximum Gasteiger partial charge on any atom is 0.342 e. The molecule has 0 unspecified atom stereocenters. The second kappa shape index (κ2) is 6.02. The van der Waals surface area contributed by atoms with E-state index < -0.39 is 21.5 Å². The van der Waals surface area contributed by atoms with Crippen LogP contribution in [0, 0.1) is 13.8 Å². The Morgan fingerprint density at radius 2 is 1.91 bits per heavy atom. The predicted molar refractivity (Wildman–Crippen MR) is 80.1 cm³/mol. The number of furan rings is 1. The topological polar surface area (TPSA) is 112 Å². The van der Waals surface area contributed by atoms with Gasteiger partial charge in [0, 0.05) is 12.1 Å². The molecule has 7 nitrogen and oxygen atoms in total. The van der Waals surface area contributed by atoms with Gasteiger partial charge in [-0.3, -0.25) is 0 Å². The molecule has 0 bridgehead atoms. The van der Waals surface area contributed by atoms with Crippen LogP contribution in [0.15, 0.2) is 9.31 Å². The largest absolute Gasteiger partial charge is 0.465 e. The Morgan fingerprint density at radius 1 is 1.32 bits per heavy atom. The smallest absolute Gasteiger partial charge is 0.342 e. The zero-order valence-electron chi connectivity index (χ0n) is 13.1. The van der Waals surface area contributed by atoms with Crippen molar-refractivity contribution in [1.29, 1.82) is 0 Å². The summed E-state index contributed by atoms with van der Waals surface area (Å²) in [6, 6.07) is 0. The molecule has 1 aromatic rings. The van der Waals surface area contributed by atoms with Crippen LogP contribution >= 0.6 is 0 Å². The summed E-state index contributed by atoms with van der Waals surface area (Å²) < 4.78 is 38.3. The molecule has 1 heterocycles. The Hall–Kier alpha value is -1.38. The lowest BCUT2D eigenvalue weighted by Gasteiger charge is -2.28. The zero-order chi connectivity index (χ0) is 16.5. The molecular formula is C14H22N2O5S. The van der Waals surface area contributed by atoms with Gasteiger partial charge in [0.2, 0.25) is 10.0 Å². The number of esters is 1. The Kier molecular flexibility index (Phi) is 4.65. The van der Waals surface area contributed by atoms with E-state index in [1.54, 1.807) is 0 Å². The van der Waals surface area contributed by atoms with Crippen LogP contribution in [0.5, 0.6) is 0 Å². The number of carbonyl (C=O) groups excluding carboxylic acids is 1. The number of sulfonamides is 1. The van der Waals surface area contributed by atoms with Crippen LogP contribution in [-0.2, 0) is 14.8 Å². The average molecular weight is 330 g/mol. The summed E-state index contributed by atoms with van der Waals surface area (Å²) in [5.41, 5.74) is 5.07. The van der Waals surface area contributed by atoms with Crippen molar-refractivity contribution in [3.8, 4) is 0 Å². The number of aryl methyl sites for hydroxylation is 2. The summed E-state index contributed by atoms with van der Waals surface area (Å²) >= 11 is 0. The number of nitrogens with two attached hydrogens (primary N) is 1. The van der Waals surface area contributed by atoms with Crippen LogP contribution in [0.2, 0.25) is 0 Å². The van der Waals surface area contributed by atoms with Crippen molar-refractivity contribution < 1.29 is 22.4 Å². The Labute approximate surface area is 130 Å². The Bertz CT molecular complexity index is 672. The normalized spacial score (nSPS) is 17.6. The van der Waals surface area contributed by atoms with E-state index in [-0.39, 0.29) is 28.5 Å². The number of hydrogen-bond acceptors (Lipinski definition) is 6. The quantitative estimate of drug-likeness (QED) is 0.786. The molecule has 8 heteroatoms. The highest BCUT2D eigenvalue weighted by Gasteiger charge is 2.40. The molecular weight excluding hydrogens is 308 g/mol. The fourth-order valence-electron chi connectivity index (χ4n) is 3.06. The van der Waals surface area contributed by atoms with Gasteiger partial charge in [-0.05, 0) is 26.7 Å². The van der Waals surface area contributed by atoms with Crippen molar-refractivity contribution in [2.75, 3.05) is 13.7 Å². The maximum atomic E-state index is 12.8. The molecule has 0 saturated heterocycles. The molecule has 1 fully saturated rings. The van der Waals surface area contributed by atoms with Gasteiger partial charge in [0.05, 0.1) is 7.11 Å². The SMILES string of the molecule is COC(=O)c1c(C)oc(C)c1S(=O)(=O)NC1(CN)CCCC1. The molecule has 0 atom stereocenters. The van der Waals surface area contributed by atoms with Crippen molar-refractivity contribution in [2.45, 2.75) is 50.0 Å². The van der Waals surface area contributed by atoms with Gasteiger partial charge >= 0.3 is 5.97 Å². The first-order chi connectivity index (χ1) is 10.3. The zero-order valence-corrected chi connectivity index (χ0v) is 13.9. The number of carbonyl (C=O) groups is 1. The van der Waals surface area contributed by atoms with Crippen LogP contribution in [0.3, 0.4) is 0 Å². The predicted octanol–water partition coefficient (Wildman–Crippen LogP) is 1.23. The van der Waals surface area contributed by atoms with Gasteiger partial charge < -0.3 is 14.9 Å². The highest BCUT2D eigenvalue weighted by Crippen LogP contribution is 2.33. The van der Waals surface area contributed by atoms with Gasteiger partial charge in [-0.1, -0.05) is 12.8 Å². The van der Waals surface area contributed by atoms with E-state index >= 15 is 0 Å². The Balaban J connectivity index is 2.48. The van der Waals surface area contributed by atoms with E-state index in [0.29, 0.717) is 12.8 Å². The molecule has 22 heavy (non-hydrogen) atoms. The van der Waals surface area contributed by atoms with Crippen molar-refractivity contribution in [3.63, 3.8) is 0 Å². The van der Waals surface area contributed by atoms with E-state index in [9.17, 15) is 13.2 Å². The lowest BCUT2D eigenvalue weighted by atomic mass is 10.0. The van der Waals surface area contributed by atoms with Gasteiger partial charge in [0.1, 0.15) is 22.0 Å². The molecule has 0 aliphatic heterocycles. The number of hydrogen-bond donors (Lipinski definition) is 2. The van der Waals surface area contributed by atoms with E-state index in [1.165, 1.54) is 21.0 Å². The first-order valence-electron chi connectivity index (χ1n) is 7.19. The van der Waals surface area contributed by atoms with Gasteiger partial charge in [-0.25, -0.2) is 17.9 Å². The molecule has 0 radical (unpaired) electrons. The minimum atomic E-state index is -3.93. The van der Waals surface area contributed by atoms with Crippen LogP contribution in [0.4, 0.5) is 0 Å². The van der Waals surface area contributed by atoms with Crippen molar-refractivity contribution in [1.82, 2.24) is 4.72 Å². The first-order valence-corrected chi connectivity index (χ1v) is 8.67. The summed E-state index contributed by atoms with van der Waals surface area (Å²) in [5.74, 6) is -0.351. The number of rotatable bonds is 5. The van der Waals surface area contributed by atoms with Crippen molar-refractivity contribution in [2.24, 2.45) is 5.73 Å². The maximum absolute atomic E-state index is 12.8. The molecule has 0 spiro atoms. The Morgan fingerprint density at radius 3 is 2.41 bits per heavy atom. The third-order valence-electron chi connectivity index (χ3n) is 4.17. The highest BCUT2D eigenvalue weighted by atomic mass is 32.2. The molecule has 0 amide bonds. The van der Waals surface area contributed by atoms with Crippen LogP contribution < -0.4 is 10.5 Å². The number of nitrogens with one attached hydrogen (secondary N) is 1. The van der Waals surface area contributed by atoms with E-state index in [1.807, 2.05) is 0 Å². The highest BCUT2D eigenvalue weighted by molar-refractivity contribution is 7.89. The molecule has 1 aliphatic rings. The molecule has 0 aromatic carbocycles. The lowest BCUT2D eigenvalue weighted by molar-refractivity contribution is 0.0594. The first kappa shape index (κ1) is 17.0. The minimum Gasteiger partial charge on any atom is -0.465 e. The minimum absolute atomic E-state index is 0.0577. The summed E-state index contributed by atoms with van der Waals surface area (Å²) in [7, 11) is -2.73. The summed E-state index contributed by atoms with van der Waals surface area (Å²) in [6.07, 6.45) is 3.22. The van der Waals surface area contributed by atoms with Gasteiger partial charge in [-0.15, -0.1) is 0 Å². The van der Waals surface area contributed by atoms with E-state index in [4.69, 9.17) is 10.2 Å². The molecule has 1 aromatic heterocycles. The molecule has 1 saturated carbocycles. The molecule has 3 N–H and O–H groups in total. The molecule has 2 rings (SSSR count). The third-order valence-corrected chi connectivity index (χ3v) is 5.90. The summed E-state index contributed by atoms with van der Waals surface area (Å²) in [4.78, 5) is 11.7. The second-order valence-corrected chi connectivity index (χ2v) is 7.33. The standard InChI is InChI=1S/C14H22N2O5S/c1-9-11(13(17)20-3)12(10(2)21-9)22(18,19)16-14(8-15)6-4-5-7-14/h16H,4-8,15H2,1-3H3. The van der Waals surface area contributed by atoms with E-state index in [2.05, 4.69) is 9.46 Å². The van der Waals surface area contributed by atoms with Crippen molar-refractivity contribution >= 4 is 16.0 Å². The van der Waals surface area contributed by atoms with Gasteiger partial charge in [-0.2, -0.15) is 0 Å². The second-order valence-electron chi connectivity index (χ2n) is 5.71. The number of methoxy groups -OCH3 is 1. The lowest BCUT2D eigenvalue weighted by Crippen LogP contribution is -2.51. The van der Waals surface area contributed by atoms with Crippen LogP contribution in [-0.4, -0.2) is 33.6 Å². The number of ether oxygens (including phenoxy) is 1. The van der Waals surface area contributed by atoms with Crippen molar-refractivity contribution in [3.05, 3.63) is 17.1 Å². The average Bonchev–Trinajstić information content (AvgIpc) is 3.02. The van der Waals surface area contributed by atoms with Crippen LogP contribution in [0.1, 0.15) is 47.6 Å². The van der Waals surface area contributed by atoms with E-state index in [0.717, 1.165) is 12.8 Å².